The summed E-state index contributed by atoms with van der Waals surface area (Å²) in [6.07, 6.45) is 3.60. The second kappa shape index (κ2) is 7.40. The minimum atomic E-state index is -0.580. The quantitative estimate of drug-likeness (QED) is 0.748. The van der Waals surface area contributed by atoms with Crippen molar-refractivity contribution in [3.05, 3.63) is 60.4 Å². The number of benzene rings is 2. The molecule has 1 fully saturated rings. The summed E-state index contributed by atoms with van der Waals surface area (Å²) in [4.78, 5) is 14.2. The molecule has 27 heavy (non-hydrogen) atoms. The number of aryl methyl sites for hydroxylation is 1. The van der Waals surface area contributed by atoms with Gasteiger partial charge in [-0.25, -0.2) is 4.79 Å². The van der Waals surface area contributed by atoms with E-state index < -0.39 is 6.10 Å². The lowest BCUT2D eigenvalue weighted by Gasteiger charge is -2.36. The van der Waals surface area contributed by atoms with Crippen LogP contribution in [0.1, 0.15) is 24.8 Å². The lowest BCUT2D eigenvalue weighted by molar-refractivity contribution is 0.0689. The maximum atomic E-state index is 12.5. The fourth-order valence-electron chi connectivity index (χ4n) is 3.75. The molecule has 1 saturated heterocycles. The van der Waals surface area contributed by atoms with Gasteiger partial charge in [-0.05, 0) is 29.7 Å². The molecule has 4 rings (SSSR count). The highest BCUT2D eigenvalue weighted by Crippen LogP contribution is 2.30. The van der Waals surface area contributed by atoms with Crippen LogP contribution in [-0.4, -0.2) is 45.0 Å². The van der Waals surface area contributed by atoms with Gasteiger partial charge in [0.05, 0.1) is 18.0 Å². The van der Waals surface area contributed by atoms with Gasteiger partial charge in [-0.15, -0.1) is 0 Å². The number of anilines is 1. The van der Waals surface area contributed by atoms with E-state index in [0.29, 0.717) is 18.8 Å². The first-order chi connectivity index (χ1) is 13.1. The molecule has 0 bridgehead atoms. The Balaban J connectivity index is 1.42. The zero-order valence-electron chi connectivity index (χ0n) is 15.4. The van der Waals surface area contributed by atoms with Crippen LogP contribution < -0.4 is 5.32 Å². The number of aliphatic hydroxyl groups excluding tert-OH is 1. The molecule has 0 aliphatic carbocycles. The number of β-amino-alcohol motifs (C(OH)–C–C–N with tert-alkyl or cyclic N) is 1. The summed E-state index contributed by atoms with van der Waals surface area (Å²) < 4.78 is 1.76. The first-order valence-electron chi connectivity index (χ1n) is 9.39. The molecule has 3 aromatic rings. The van der Waals surface area contributed by atoms with Crippen molar-refractivity contribution in [2.45, 2.75) is 31.9 Å². The molecule has 2 heterocycles. The zero-order valence-corrected chi connectivity index (χ0v) is 15.4. The van der Waals surface area contributed by atoms with Crippen LogP contribution in [0.5, 0.6) is 0 Å². The molecule has 1 aliphatic rings. The summed E-state index contributed by atoms with van der Waals surface area (Å²) in [5.41, 5.74) is 1.80. The predicted octanol–water partition coefficient (Wildman–Crippen LogP) is 3.44. The monoisotopic (exact) mass is 364 g/mol. The molecule has 2 amide bonds. The van der Waals surface area contributed by atoms with E-state index in [1.165, 1.54) is 10.8 Å². The van der Waals surface area contributed by atoms with E-state index in [0.717, 1.165) is 18.5 Å². The van der Waals surface area contributed by atoms with Crippen LogP contribution in [0.3, 0.4) is 0 Å². The van der Waals surface area contributed by atoms with Crippen LogP contribution in [-0.2, 0) is 6.54 Å². The molecule has 0 saturated carbocycles. The average Bonchev–Trinajstić information content (AvgIpc) is 3.15. The first kappa shape index (κ1) is 17.5. The molecule has 6 nitrogen and oxygen atoms in total. The number of nitrogens with zero attached hydrogens (tertiary/aromatic N) is 3. The first-order valence-corrected chi connectivity index (χ1v) is 9.39. The van der Waals surface area contributed by atoms with Crippen molar-refractivity contribution in [2.24, 2.45) is 0 Å². The Labute approximate surface area is 158 Å². The molecule has 0 radical (unpaired) electrons. The summed E-state index contributed by atoms with van der Waals surface area (Å²) >= 11 is 0. The second-order valence-corrected chi connectivity index (χ2v) is 7.03. The summed E-state index contributed by atoms with van der Waals surface area (Å²) in [5.74, 6) is 0.0431. The molecule has 2 N–H and O–H groups in total. The molecule has 140 valence electrons. The highest BCUT2D eigenvalue weighted by molar-refractivity contribution is 5.89. The van der Waals surface area contributed by atoms with E-state index in [4.69, 9.17) is 0 Å². The second-order valence-electron chi connectivity index (χ2n) is 7.03. The number of rotatable bonds is 3. The molecule has 0 unspecified atom stereocenters. The normalized spacial score (nSPS) is 20.0. The summed E-state index contributed by atoms with van der Waals surface area (Å²) in [6, 6.07) is 14.4. The number of carbonyl (C=O) groups is 1. The van der Waals surface area contributed by atoms with Crippen LogP contribution in [0.4, 0.5) is 10.5 Å². The minimum Gasteiger partial charge on any atom is -0.391 e. The fourth-order valence-corrected chi connectivity index (χ4v) is 3.75. The Kier molecular flexibility index (Phi) is 4.81. The van der Waals surface area contributed by atoms with E-state index in [1.54, 1.807) is 22.0 Å². The number of hydrogen-bond donors (Lipinski definition) is 2. The van der Waals surface area contributed by atoms with Crippen molar-refractivity contribution in [1.82, 2.24) is 14.7 Å². The largest absolute Gasteiger partial charge is 0.391 e. The maximum absolute atomic E-state index is 12.5. The number of fused-ring (bicyclic) bond motifs is 1. The Morgan fingerprint density at radius 1 is 1.26 bits per heavy atom. The molecule has 2 aromatic carbocycles. The third-order valence-electron chi connectivity index (χ3n) is 5.28. The van der Waals surface area contributed by atoms with Crippen molar-refractivity contribution < 1.29 is 9.90 Å². The van der Waals surface area contributed by atoms with Crippen molar-refractivity contribution in [3.63, 3.8) is 0 Å². The summed E-state index contributed by atoms with van der Waals surface area (Å²) in [5, 5.41) is 20.1. The number of carbonyl (C=O) groups excluding carboxylic acids is 1. The highest BCUT2D eigenvalue weighted by atomic mass is 16.3. The average molecular weight is 364 g/mol. The zero-order chi connectivity index (χ0) is 18.8. The lowest BCUT2D eigenvalue weighted by Crippen LogP contribution is -2.47. The van der Waals surface area contributed by atoms with E-state index in [9.17, 15) is 9.90 Å². The Morgan fingerprint density at radius 2 is 2.07 bits per heavy atom. The number of amides is 2. The molecular formula is C21H24N4O2. The van der Waals surface area contributed by atoms with Gasteiger partial charge in [0.1, 0.15) is 0 Å². The van der Waals surface area contributed by atoms with Crippen molar-refractivity contribution in [2.75, 3.05) is 18.4 Å². The number of piperidine rings is 1. The van der Waals surface area contributed by atoms with Crippen LogP contribution in [0.15, 0.2) is 54.9 Å². The topological polar surface area (TPSA) is 70.4 Å². The number of likely N-dealkylation sites (tertiary alicyclic amines) is 1. The van der Waals surface area contributed by atoms with Gasteiger partial charge in [0.25, 0.3) is 0 Å². The molecule has 2 atom stereocenters. The van der Waals surface area contributed by atoms with Crippen molar-refractivity contribution >= 4 is 22.5 Å². The molecule has 1 aromatic heterocycles. The van der Waals surface area contributed by atoms with Crippen LogP contribution in [0.25, 0.3) is 10.8 Å². The van der Waals surface area contributed by atoms with E-state index >= 15 is 0 Å². The van der Waals surface area contributed by atoms with Gasteiger partial charge in [0.15, 0.2) is 0 Å². The molecule has 0 spiro atoms. The fraction of sp³-hybridized carbons (Fsp3) is 0.333. The molecular weight excluding hydrogens is 340 g/mol. The standard InChI is InChI=1S/C21H24N4O2/c1-2-25-13-18(12-22-25)23-21(27)24-10-9-19(20(26)14-24)17-8-7-15-5-3-4-6-16(15)11-17/h3-8,11-13,19-20,26H,2,9-10,14H2,1H3,(H,23,27)/t19-,20+/m0/s1. The number of hydrogen-bond acceptors (Lipinski definition) is 3. The number of aliphatic hydroxyl groups is 1. The third kappa shape index (κ3) is 3.66. The van der Waals surface area contributed by atoms with Gasteiger partial charge < -0.3 is 15.3 Å². The number of nitrogens with one attached hydrogen (secondary N) is 1. The van der Waals surface area contributed by atoms with Gasteiger partial charge >= 0.3 is 6.03 Å². The van der Waals surface area contributed by atoms with Crippen LogP contribution >= 0.6 is 0 Å². The van der Waals surface area contributed by atoms with E-state index in [1.807, 2.05) is 19.1 Å². The van der Waals surface area contributed by atoms with E-state index in [2.05, 4.69) is 40.7 Å². The van der Waals surface area contributed by atoms with Gasteiger partial charge in [-0.2, -0.15) is 5.10 Å². The van der Waals surface area contributed by atoms with Gasteiger partial charge in [-0.1, -0.05) is 42.5 Å². The Hall–Kier alpha value is -2.86. The SMILES string of the molecule is CCn1cc(NC(=O)N2CC[C@@H](c3ccc4ccccc4c3)[C@H](O)C2)cn1. The van der Waals surface area contributed by atoms with Crippen molar-refractivity contribution in [3.8, 4) is 0 Å². The predicted molar refractivity (Wildman–Crippen MR) is 106 cm³/mol. The highest BCUT2D eigenvalue weighted by Gasteiger charge is 2.31. The Bertz CT molecular complexity index is 952. The summed E-state index contributed by atoms with van der Waals surface area (Å²) in [6.45, 7) is 3.69. The smallest absolute Gasteiger partial charge is 0.322 e. The van der Waals surface area contributed by atoms with Crippen LogP contribution in [0.2, 0.25) is 0 Å². The van der Waals surface area contributed by atoms with Crippen LogP contribution in [0, 0.1) is 0 Å². The Morgan fingerprint density at radius 3 is 2.81 bits per heavy atom. The van der Waals surface area contributed by atoms with Gasteiger partial charge in [-0.3, -0.25) is 4.68 Å². The van der Waals surface area contributed by atoms with E-state index in [-0.39, 0.29) is 11.9 Å². The van der Waals surface area contributed by atoms with Gasteiger partial charge in [0.2, 0.25) is 0 Å². The van der Waals surface area contributed by atoms with Crippen molar-refractivity contribution in [1.29, 1.82) is 0 Å². The number of aromatic nitrogens is 2. The number of urea groups is 1. The lowest BCUT2D eigenvalue weighted by atomic mass is 9.86. The minimum absolute atomic E-state index is 0.0431. The maximum Gasteiger partial charge on any atom is 0.322 e. The molecule has 6 heteroatoms. The van der Waals surface area contributed by atoms with Gasteiger partial charge in [0, 0.05) is 31.7 Å². The molecule has 1 aliphatic heterocycles. The summed E-state index contributed by atoms with van der Waals surface area (Å²) in [7, 11) is 0. The third-order valence-corrected chi connectivity index (χ3v) is 5.28.